The molecule has 1 rings (SSSR count). The Bertz CT molecular complexity index is 388. The first kappa shape index (κ1) is 10.1. The van der Waals surface area contributed by atoms with Gasteiger partial charge in [0, 0.05) is 5.56 Å². The first-order valence-corrected chi connectivity index (χ1v) is 4.06. The molecule has 0 fully saturated rings. The van der Waals surface area contributed by atoms with Gasteiger partial charge in [0.2, 0.25) is 0 Å². The van der Waals surface area contributed by atoms with Gasteiger partial charge in [-0.2, -0.15) is 0 Å². The van der Waals surface area contributed by atoms with Crippen molar-refractivity contribution in [3.63, 3.8) is 0 Å². The van der Waals surface area contributed by atoms with Gasteiger partial charge >= 0.3 is 5.97 Å². The van der Waals surface area contributed by atoms with E-state index in [-0.39, 0.29) is 12.2 Å². The van der Waals surface area contributed by atoms with Crippen LogP contribution in [0.4, 0.5) is 0 Å². The van der Waals surface area contributed by atoms with E-state index in [4.69, 9.17) is 16.3 Å². The maximum absolute atomic E-state index is 10.8. The fourth-order valence-electron chi connectivity index (χ4n) is 1.12. The van der Waals surface area contributed by atoms with E-state index in [1.54, 1.807) is 19.1 Å². The maximum Gasteiger partial charge on any atom is 0.336 e. The lowest BCUT2D eigenvalue weighted by Crippen LogP contribution is -2.03. The summed E-state index contributed by atoms with van der Waals surface area (Å²) in [6, 6.07) is 4.85. The average molecular weight is 190 g/mol. The topological polar surface area (TPSA) is 46.5 Å². The van der Waals surface area contributed by atoms with E-state index in [1.807, 2.05) is 0 Å². The summed E-state index contributed by atoms with van der Waals surface area (Å²) in [5.74, 6) is 1.87. The zero-order valence-corrected chi connectivity index (χ0v) is 7.78. The minimum absolute atomic E-state index is 0.143. The van der Waals surface area contributed by atoms with Crippen molar-refractivity contribution in [2.75, 3.05) is 6.61 Å². The Balaban J connectivity index is 3.02. The van der Waals surface area contributed by atoms with Crippen LogP contribution in [0.15, 0.2) is 18.2 Å². The van der Waals surface area contributed by atoms with Crippen molar-refractivity contribution in [2.24, 2.45) is 0 Å². The van der Waals surface area contributed by atoms with E-state index in [0.717, 1.165) is 0 Å². The number of ether oxygens (including phenoxy) is 1. The van der Waals surface area contributed by atoms with Gasteiger partial charge < -0.3 is 9.84 Å². The molecule has 0 spiro atoms. The van der Waals surface area contributed by atoms with E-state index in [1.165, 1.54) is 6.07 Å². The van der Waals surface area contributed by atoms with Gasteiger partial charge in [0.1, 0.15) is 12.4 Å². The minimum Gasteiger partial charge on any atom is -0.481 e. The zero-order valence-electron chi connectivity index (χ0n) is 7.78. The fourth-order valence-corrected chi connectivity index (χ4v) is 1.12. The number of aromatic carboxylic acids is 1. The molecule has 1 aromatic carbocycles. The lowest BCUT2D eigenvalue weighted by atomic mass is 10.1. The van der Waals surface area contributed by atoms with Gasteiger partial charge in [-0.05, 0) is 19.1 Å². The van der Waals surface area contributed by atoms with Crippen LogP contribution in [0.2, 0.25) is 0 Å². The van der Waals surface area contributed by atoms with Gasteiger partial charge in [-0.3, -0.25) is 0 Å². The van der Waals surface area contributed by atoms with Gasteiger partial charge in [-0.15, -0.1) is 6.42 Å². The van der Waals surface area contributed by atoms with E-state index < -0.39 is 5.97 Å². The predicted octanol–water partition coefficient (Wildman–Crippen LogP) is 1.71. The maximum atomic E-state index is 10.8. The number of hydrogen-bond donors (Lipinski definition) is 1. The van der Waals surface area contributed by atoms with E-state index >= 15 is 0 Å². The third-order valence-electron chi connectivity index (χ3n) is 1.83. The number of carboxylic acid groups (broad SMARTS) is 1. The van der Waals surface area contributed by atoms with Crippen LogP contribution in [-0.2, 0) is 0 Å². The second-order valence-corrected chi connectivity index (χ2v) is 2.73. The summed E-state index contributed by atoms with van der Waals surface area (Å²) < 4.78 is 5.18. The van der Waals surface area contributed by atoms with Crippen molar-refractivity contribution in [3.05, 3.63) is 29.3 Å². The Morgan fingerprint density at radius 2 is 2.36 bits per heavy atom. The van der Waals surface area contributed by atoms with Crippen LogP contribution >= 0.6 is 0 Å². The second kappa shape index (κ2) is 4.33. The molecule has 3 nitrogen and oxygen atoms in total. The Kier molecular flexibility index (Phi) is 3.14. The molecule has 0 radical (unpaired) electrons. The molecule has 1 aromatic rings. The number of rotatable bonds is 3. The lowest BCUT2D eigenvalue weighted by Gasteiger charge is -2.07. The molecule has 0 aromatic heterocycles. The fraction of sp³-hybridized carbons (Fsp3) is 0.182. The molecule has 0 unspecified atom stereocenters. The zero-order chi connectivity index (χ0) is 10.6. The number of carboxylic acids is 1. The Hall–Kier alpha value is -1.95. The SMILES string of the molecule is C#CCOc1cccc(C(=O)O)c1C. The molecule has 1 N–H and O–H groups in total. The first-order chi connectivity index (χ1) is 6.66. The molecule has 0 aliphatic rings. The van der Waals surface area contributed by atoms with Crippen LogP contribution < -0.4 is 4.74 Å². The molecule has 72 valence electrons. The molecule has 3 heteroatoms. The normalized spacial score (nSPS) is 9.14. The summed E-state index contributed by atoms with van der Waals surface area (Å²) in [5, 5.41) is 8.82. The van der Waals surface area contributed by atoms with E-state index in [9.17, 15) is 4.79 Å². The molecular formula is C11H10O3. The lowest BCUT2D eigenvalue weighted by molar-refractivity contribution is 0.0695. The third-order valence-corrected chi connectivity index (χ3v) is 1.83. The summed E-state index contributed by atoms with van der Waals surface area (Å²) in [7, 11) is 0. The summed E-state index contributed by atoms with van der Waals surface area (Å²) in [6.07, 6.45) is 5.03. The molecule has 0 aliphatic heterocycles. The average Bonchev–Trinajstić information content (AvgIpc) is 2.16. The van der Waals surface area contributed by atoms with Crippen molar-refractivity contribution in [1.82, 2.24) is 0 Å². The highest BCUT2D eigenvalue weighted by Crippen LogP contribution is 2.21. The largest absolute Gasteiger partial charge is 0.481 e. The number of hydrogen-bond acceptors (Lipinski definition) is 2. The Morgan fingerprint density at radius 3 is 2.93 bits per heavy atom. The Labute approximate surface area is 82.3 Å². The smallest absolute Gasteiger partial charge is 0.336 e. The van der Waals surface area contributed by atoms with Crippen LogP contribution in [0.25, 0.3) is 0 Å². The van der Waals surface area contributed by atoms with Crippen LogP contribution in [0, 0.1) is 19.3 Å². The number of terminal acetylenes is 1. The van der Waals surface area contributed by atoms with Gasteiger partial charge in [-0.25, -0.2) is 4.79 Å². The summed E-state index contributed by atoms with van der Waals surface area (Å²) in [5.41, 5.74) is 0.828. The monoisotopic (exact) mass is 190 g/mol. The van der Waals surface area contributed by atoms with Crippen LogP contribution in [0.5, 0.6) is 5.75 Å². The minimum atomic E-state index is -0.964. The van der Waals surface area contributed by atoms with Gasteiger partial charge in [0.05, 0.1) is 5.56 Å². The molecule has 0 aliphatic carbocycles. The highest BCUT2D eigenvalue weighted by Gasteiger charge is 2.10. The molecule has 0 amide bonds. The first-order valence-electron chi connectivity index (χ1n) is 4.06. The molecule has 0 heterocycles. The van der Waals surface area contributed by atoms with Crippen molar-refractivity contribution < 1.29 is 14.6 Å². The van der Waals surface area contributed by atoms with Crippen molar-refractivity contribution in [2.45, 2.75) is 6.92 Å². The molecule has 14 heavy (non-hydrogen) atoms. The number of carbonyl (C=O) groups is 1. The highest BCUT2D eigenvalue weighted by molar-refractivity contribution is 5.90. The third kappa shape index (κ3) is 2.05. The highest BCUT2D eigenvalue weighted by atomic mass is 16.5. The van der Waals surface area contributed by atoms with Crippen LogP contribution in [0.1, 0.15) is 15.9 Å². The van der Waals surface area contributed by atoms with Crippen molar-refractivity contribution >= 4 is 5.97 Å². The van der Waals surface area contributed by atoms with Gasteiger partial charge in [-0.1, -0.05) is 12.0 Å². The molecule has 0 saturated heterocycles. The van der Waals surface area contributed by atoms with Crippen molar-refractivity contribution in [3.8, 4) is 18.1 Å². The standard InChI is InChI=1S/C11H10O3/c1-3-7-14-10-6-4-5-9(8(10)2)11(12)13/h1,4-6H,7H2,2H3,(H,12,13). The second-order valence-electron chi connectivity index (χ2n) is 2.73. The van der Waals surface area contributed by atoms with Gasteiger partial charge in [0.15, 0.2) is 0 Å². The molecule has 0 bridgehead atoms. The number of benzene rings is 1. The van der Waals surface area contributed by atoms with Gasteiger partial charge in [0.25, 0.3) is 0 Å². The predicted molar refractivity (Wildman–Crippen MR) is 52.5 cm³/mol. The molecule has 0 saturated carbocycles. The van der Waals surface area contributed by atoms with Crippen molar-refractivity contribution in [1.29, 1.82) is 0 Å². The summed E-state index contributed by atoms with van der Waals surface area (Å²) in [6.45, 7) is 1.83. The quantitative estimate of drug-likeness (QED) is 0.738. The molecule has 0 atom stereocenters. The summed E-state index contributed by atoms with van der Waals surface area (Å²) >= 11 is 0. The Morgan fingerprint density at radius 1 is 1.64 bits per heavy atom. The van der Waals surface area contributed by atoms with Crippen LogP contribution in [-0.4, -0.2) is 17.7 Å². The van der Waals surface area contributed by atoms with E-state index in [0.29, 0.717) is 11.3 Å². The van der Waals surface area contributed by atoms with Crippen LogP contribution in [0.3, 0.4) is 0 Å². The van der Waals surface area contributed by atoms with E-state index in [2.05, 4.69) is 5.92 Å². The summed E-state index contributed by atoms with van der Waals surface area (Å²) in [4.78, 5) is 10.8. The molecular weight excluding hydrogens is 180 g/mol.